The zero-order valence-electron chi connectivity index (χ0n) is 25.3. The van der Waals surface area contributed by atoms with E-state index in [0.29, 0.717) is 5.56 Å². The first-order chi connectivity index (χ1) is 22.6. The first-order valence-corrected chi connectivity index (χ1v) is 15.6. The highest BCUT2D eigenvalue weighted by atomic mass is 32.1. The number of para-hydroxylation sites is 2. The second-order valence-corrected chi connectivity index (χ2v) is 11.7. The Labute approximate surface area is 275 Å². The molecule has 244 valence electrons. The number of phenolic OH excluding ortho intramolecular Hbond substituents is 1. The lowest BCUT2D eigenvalue weighted by atomic mass is 10.0. The zero-order chi connectivity index (χ0) is 33.5. The zero-order valence-corrected chi connectivity index (χ0v) is 26.2. The van der Waals surface area contributed by atoms with Gasteiger partial charge < -0.3 is 41.9 Å². The van der Waals surface area contributed by atoms with Crippen LogP contribution < -0.4 is 21.7 Å². The normalized spacial score (nSPS) is 13.8. The average molecular weight is 657 g/mol. The van der Waals surface area contributed by atoms with Crippen molar-refractivity contribution in [3.05, 3.63) is 102 Å². The number of benzene rings is 3. The van der Waals surface area contributed by atoms with Crippen molar-refractivity contribution in [2.24, 2.45) is 5.73 Å². The van der Waals surface area contributed by atoms with Gasteiger partial charge in [0, 0.05) is 52.8 Å². The van der Waals surface area contributed by atoms with Crippen LogP contribution in [0.25, 0.3) is 21.8 Å². The largest absolute Gasteiger partial charge is 0.508 e. The van der Waals surface area contributed by atoms with E-state index in [1.807, 2.05) is 48.5 Å². The fourth-order valence-corrected chi connectivity index (χ4v) is 5.69. The van der Waals surface area contributed by atoms with Crippen LogP contribution in [0, 0.1) is 0 Å². The smallest absolute Gasteiger partial charge is 0.327 e. The Kier molecular flexibility index (Phi) is 10.5. The van der Waals surface area contributed by atoms with Crippen LogP contribution in [-0.2, 0) is 38.4 Å². The number of amides is 3. The number of aliphatic carboxylic acids is 1. The van der Waals surface area contributed by atoms with Gasteiger partial charge in [-0.15, -0.1) is 0 Å². The molecule has 3 aromatic carbocycles. The number of carboxylic acids is 1. The number of thiol groups is 1. The Bertz CT molecular complexity index is 1890. The van der Waals surface area contributed by atoms with Gasteiger partial charge in [-0.3, -0.25) is 14.4 Å². The summed E-state index contributed by atoms with van der Waals surface area (Å²) in [7, 11) is 0. The number of carbonyl (C=O) groups is 4. The summed E-state index contributed by atoms with van der Waals surface area (Å²) in [4.78, 5) is 58.8. The van der Waals surface area contributed by atoms with Gasteiger partial charge in [-0.05, 0) is 47.4 Å². The molecule has 2 heterocycles. The topological polar surface area (TPSA) is 202 Å². The summed E-state index contributed by atoms with van der Waals surface area (Å²) in [6.45, 7) is 0. The average Bonchev–Trinajstić information content (AvgIpc) is 3.67. The summed E-state index contributed by atoms with van der Waals surface area (Å²) in [5, 5.41) is 29.0. The summed E-state index contributed by atoms with van der Waals surface area (Å²) in [6.07, 6.45) is 3.77. The number of carboxylic acid groups (broad SMARTS) is 1. The molecule has 5 aromatic rings. The fraction of sp³-hybridized carbons (Fsp3) is 0.235. The first kappa shape index (κ1) is 33.1. The van der Waals surface area contributed by atoms with Crippen molar-refractivity contribution in [2.45, 2.75) is 43.4 Å². The Morgan fingerprint density at radius 2 is 1.17 bits per heavy atom. The number of aromatic amines is 2. The molecular weight excluding hydrogens is 620 g/mol. The number of hydrogen-bond donors (Lipinski definition) is 9. The van der Waals surface area contributed by atoms with E-state index in [1.165, 1.54) is 12.1 Å². The maximum Gasteiger partial charge on any atom is 0.327 e. The summed E-state index contributed by atoms with van der Waals surface area (Å²) in [5.74, 6) is -3.38. The maximum absolute atomic E-state index is 13.9. The molecule has 0 aliphatic heterocycles. The van der Waals surface area contributed by atoms with Gasteiger partial charge >= 0.3 is 5.97 Å². The third-order valence-electron chi connectivity index (χ3n) is 7.99. The van der Waals surface area contributed by atoms with Gasteiger partial charge in [0.05, 0.1) is 6.04 Å². The molecule has 0 aliphatic carbocycles. The Balaban J connectivity index is 1.38. The minimum atomic E-state index is -1.29. The third-order valence-corrected chi connectivity index (χ3v) is 8.35. The van der Waals surface area contributed by atoms with Crippen LogP contribution in [0.5, 0.6) is 5.75 Å². The number of phenols is 1. The van der Waals surface area contributed by atoms with E-state index < -0.39 is 47.9 Å². The maximum atomic E-state index is 13.9. The molecule has 4 atom stereocenters. The van der Waals surface area contributed by atoms with Crippen molar-refractivity contribution in [1.29, 1.82) is 0 Å². The number of carbonyl (C=O) groups excluding carboxylic acids is 3. The number of rotatable bonds is 14. The predicted molar refractivity (Wildman–Crippen MR) is 181 cm³/mol. The summed E-state index contributed by atoms with van der Waals surface area (Å²) >= 11 is 4.04. The molecule has 2 aromatic heterocycles. The van der Waals surface area contributed by atoms with E-state index in [9.17, 15) is 29.4 Å². The summed E-state index contributed by atoms with van der Waals surface area (Å²) in [6, 6.07) is 16.6. The third kappa shape index (κ3) is 8.12. The monoisotopic (exact) mass is 656 g/mol. The molecule has 47 heavy (non-hydrogen) atoms. The van der Waals surface area contributed by atoms with Crippen molar-refractivity contribution in [1.82, 2.24) is 25.9 Å². The van der Waals surface area contributed by atoms with Crippen molar-refractivity contribution in [3.8, 4) is 5.75 Å². The lowest BCUT2D eigenvalue weighted by Gasteiger charge is -2.25. The van der Waals surface area contributed by atoms with E-state index in [2.05, 4.69) is 38.5 Å². The SMILES string of the molecule is NC(Cc1c[nH]c2ccccc12)C(=O)NC(Cc1ccc(O)cc1)C(=O)NC(Cc1c[nH]c2ccccc12)C(=O)NC(CS)C(=O)O. The molecule has 0 spiro atoms. The lowest BCUT2D eigenvalue weighted by molar-refractivity contribution is -0.141. The molecule has 0 aliphatic rings. The van der Waals surface area contributed by atoms with Gasteiger partial charge in [0.1, 0.15) is 23.9 Å². The molecule has 5 rings (SSSR count). The predicted octanol–water partition coefficient (Wildman–Crippen LogP) is 2.18. The summed E-state index contributed by atoms with van der Waals surface area (Å²) in [5.41, 5.74) is 10.3. The number of aromatic hydroxyl groups is 1. The number of nitrogens with one attached hydrogen (secondary N) is 5. The minimum Gasteiger partial charge on any atom is -0.508 e. The van der Waals surface area contributed by atoms with Gasteiger partial charge in [0.2, 0.25) is 17.7 Å². The van der Waals surface area contributed by atoms with Crippen molar-refractivity contribution >= 4 is 58.1 Å². The number of nitrogens with two attached hydrogens (primary N) is 1. The molecule has 0 bridgehead atoms. The van der Waals surface area contributed by atoms with Crippen LogP contribution in [-0.4, -0.2) is 73.8 Å². The van der Waals surface area contributed by atoms with Crippen LogP contribution in [0.3, 0.4) is 0 Å². The van der Waals surface area contributed by atoms with Gasteiger partial charge in [-0.25, -0.2) is 4.79 Å². The van der Waals surface area contributed by atoms with E-state index in [1.54, 1.807) is 24.5 Å². The van der Waals surface area contributed by atoms with Gasteiger partial charge in [-0.2, -0.15) is 12.6 Å². The van der Waals surface area contributed by atoms with E-state index in [-0.39, 0.29) is 30.8 Å². The first-order valence-electron chi connectivity index (χ1n) is 15.0. The van der Waals surface area contributed by atoms with Gasteiger partial charge in [0.25, 0.3) is 0 Å². The van der Waals surface area contributed by atoms with Crippen molar-refractivity contribution in [3.63, 3.8) is 0 Å². The molecule has 0 radical (unpaired) electrons. The highest BCUT2D eigenvalue weighted by molar-refractivity contribution is 7.80. The van der Waals surface area contributed by atoms with Crippen LogP contribution in [0.2, 0.25) is 0 Å². The molecule has 4 unspecified atom stereocenters. The highest BCUT2D eigenvalue weighted by Crippen LogP contribution is 2.21. The second-order valence-electron chi connectivity index (χ2n) is 11.3. The molecule has 13 heteroatoms. The minimum absolute atomic E-state index is 0.0213. The Hall–Kier alpha value is -5.27. The van der Waals surface area contributed by atoms with Crippen LogP contribution in [0.4, 0.5) is 0 Å². The Morgan fingerprint density at radius 1 is 0.681 bits per heavy atom. The molecule has 3 amide bonds. The summed E-state index contributed by atoms with van der Waals surface area (Å²) < 4.78 is 0. The number of H-pyrrole nitrogens is 2. The van der Waals surface area contributed by atoms with Crippen LogP contribution >= 0.6 is 12.6 Å². The molecule has 0 saturated heterocycles. The van der Waals surface area contributed by atoms with Crippen LogP contribution in [0.1, 0.15) is 16.7 Å². The molecule has 9 N–H and O–H groups in total. The van der Waals surface area contributed by atoms with Crippen molar-refractivity contribution < 1.29 is 29.4 Å². The number of aromatic nitrogens is 2. The standard InChI is InChI=1S/C34H36N6O6S/c35-25(14-20-16-36-26-7-3-1-5-23(20)26)31(42)38-28(13-19-9-11-22(41)12-10-19)32(43)39-29(33(44)40-30(18-47)34(45)46)15-21-17-37-27-8-4-2-6-24(21)27/h1-12,16-17,25,28-30,36-37,41,47H,13-15,18,35H2,(H,38,42)(H,39,43)(H,40,44)(H,45,46). The quantitative estimate of drug-likeness (QED) is 0.0815. The van der Waals surface area contributed by atoms with E-state index >= 15 is 0 Å². The van der Waals surface area contributed by atoms with E-state index in [0.717, 1.165) is 32.9 Å². The van der Waals surface area contributed by atoms with Gasteiger partial charge in [-0.1, -0.05) is 48.5 Å². The molecule has 0 saturated carbocycles. The van der Waals surface area contributed by atoms with Crippen molar-refractivity contribution in [2.75, 3.05) is 5.75 Å². The molecule has 0 fully saturated rings. The van der Waals surface area contributed by atoms with E-state index in [4.69, 9.17) is 5.73 Å². The molecule has 12 nitrogen and oxygen atoms in total. The highest BCUT2D eigenvalue weighted by Gasteiger charge is 2.31. The lowest BCUT2D eigenvalue weighted by Crippen LogP contribution is -2.58. The molecular formula is C34H36N6O6S. The number of hydrogen-bond acceptors (Lipinski definition) is 7. The fourth-order valence-electron chi connectivity index (χ4n) is 5.45. The second kappa shape index (κ2) is 14.9. The van der Waals surface area contributed by atoms with Gasteiger partial charge in [0.15, 0.2) is 0 Å². The number of fused-ring (bicyclic) bond motifs is 2. The van der Waals surface area contributed by atoms with Crippen LogP contribution in [0.15, 0.2) is 85.2 Å². The Morgan fingerprint density at radius 3 is 1.72 bits per heavy atom.